The van der Waals surface area contributed by atoms with Crippen LogP contribution in [0.4, 0.5) is 4.79 Å². The third kappa shape index (κ3) is 1.73. The zero-order valence-electron chi connectivity index (χ0n) is 8.84. The first-order chi connectivity index (χ1) is 7.61. The molecule has 0 bridgehead atoms. The van der Waals surface area contributed by atoms with Crippen molar-refractivity contribution in [3.05, 3.63) is 23.5 Å². The Bertz CT molecular complexity index is 438. The zero-order chi connectivity index (χ0) is 11.7. The first kappa shape index (κ1) is 10.5. The van der Waals surface area contributed by atoms with Gasteiger partial charge in [-0.3, -0.25) is 0 Å². The monoisotopic (exact) mass is 224 g/mol. The number of rotatable bonds is 1. The zero-order valence-corrected chi connectivity index (χ0v) is 8.84. The van der Waals surface area contributed by atoms with Gasteiger partial charge in [-0.15, -0.1) is 0 Å². The molecule has 0 radical (unpaired) electrons. The largest absolute Gasteiger partial charge is 0.478 e. The minimum absolute atomic E-state index is 0.252. The van der Waals surface area contributed by atoms with Crippen molar-refractivity contribution in [2.45, 2.75) is 13.1 Å². The molecule has 0 aliphatic carbocycles. The highest BCUT2D eigenvalue weighted by Crippen LogP contribution is 2.16. The van der Waals surface area contributed by atoms with Gasteiger partial charge in [-0.1, -0.05) is 0 Å². The Hall–Kier alpha value is -1.98. The van der Waals surface area contributed by atoms with Crippen LogP contribution >= 0.6 is 0 Å². The highest BCUT2D eigenvalue weighted by atomic mass is 16.5. The SMILES string of the molecule is COC(=O)N1CCn2cc(C(=O)O)cc2C1. The van der Waals surface area contributed by atoms with Crippen LogP contribution in [0.15, 0.2) is 12.3 Å². The number of amides is 1. The summed E-state index contributed by atoms with van der Waals surface area (Å²) in [4.78, 5) is 23.6. The van der Waals surface area contributed by atoms with E-state index in [1.54, 1.807) is 17.2 Å². The number of nitrogens with zero attached hydrogens (tertiary/aromatic N) is 2. The first-order valence-corrected chi connectivity index (χ1v) is 4.87. The number of aromatic nitrogens is 1. The molecule has 1 aromatic heterocycles. The van der Waals surface area contributed by atoms with Crippen LogP contribution in [0.5, 0.6) is 0 Å². The molecule has 1 amide bonds. The van der Waals surface area contributed by atoms with Crippen LogP contribution < -0.4 is 0 Å². The fourth-order valence-electron chi connectivity index (χ4n) is 1.80. The van der Waals surface area contributed by atoms with E-state index in [1.165, 1.54) is 7.11 Å². The highest BCUT2D eigenvalue weighted by Gasteiger charge is 2.22. The van der Waals surface area contributed by atoms with E-state index in [0.717, 1.165) is 5.69 Å². The lowest BCUT2D eigenvalue weighted by Gasteiger charge is -2.27. The van der Waals surface area contributed by atoms with E-state index < -0.39 is 5.97 Å². The number of methoxy groups -OCH3 is 1. The molecule has 0 spiro atoms. The summed E-state index contributed by atoms with van der Waals surface area (Å²) in [7, 11) is 1.33. The van der Waals surface area contributed by atoms with Gasteiger partial charge in [-0.05, 0) is 6.07 Å². The molecule has 1 aromatic rings. The summed E-state index contributed by atoms with van der Waals surface area (Å²) in [5.41, 5.74) is 1.07. The second kappa shape index (κ2) is 3.88. The molecule has 0 fully saturated rings. The van der Waals surface area contributed by atoms with Crippen LogP contribution in [0.1, 0.15) is 16.1 Å². The maximum atomic E-state index is 11.3. The second-order valence-corrected chi connectivity index (χ2v) is 3.61. The summed E-state index contributed by atoms with van der Waals surface area (Å²) in [6, 6.07) is 1.58. The smallest absolute Gasteiger partial charge is 0.409 e. The fourth-order valence-corrected chi connectivity index (χ4v) is 1.80. The number of carboxylic acids is 1. The van der Waals surface area contributed by atoms with Crippen LogP contribution in [-0.4, -0.2) is 40.3 Å². The minimum Gasteiger partial charge on any atom is -0.478 e. The molecule has 1 N–H and O–H groups in total. The average molecular weight is 224 g/mol. The van der Waals surface area contributed by atoms with E-state index in [1.807, 2.05) is 4.57 Å². The highest BCUT2D eigenvalue weighted by molar-refractivity contribution is 5.87. The van der Waals surface area contributed by atoms with Crippen molar-refractivity contribution in [2.24, 2.45) is 0 Å². The van der Waals surface area contributed by atoms with Gasteiger partial charge in [0.25, 0.3) is 0 Å². The van der Waals surface area contributed by atoms with E-state index in [4.69, 9.17) is 5.11 Å². The molecule has 0 aromatic carbocycles. The van der Waals surface area contributed by atoms with Crippen molar-refractivity contribution < 1.29 is 19.4 Å². The number of carboxylic acid groups (broad SMARTS) is 1. The van der Waals surface area contributed by atoms with Gasteiger partial charge in [-0.25, -0.2) is 9.59 Å². The number of hydrogen-bond donors (Lipinski definition) is 1. The van der Waals surface area contributed by atoms with Gasteiger partial charge in [-0.2, -0.15) is 0 Å². The second-order valence-electron chi connectivity index (χ2n) is 3.61. The van der Waals surface area contributed by atoms with Gasteiger partial charge in [0.1, 0.15) is 0 Å². The van der Waals surface area contributed by atoms with Gasteiger partial charge in [0.2, 0.25) is 0 Å². The number of fused-ring (bicyclic) bond motifs is 1. The number of carbonyl (C=O) groups excluding carboxylic acids is 1. The predicted molar refractivity (Wildman–Crippen MR) is 54.2 cm³/mol. The van der Waals surface area contributed by atoms with Crippen LogP contribution in [0, 0.1) is 0 Å². The third-order valence-electron chi connectivity index (χ3n) is 2.63. The van der Waals surface area contributed by atoms with E-state index in [-0.39, 0.29) is 11.7 Å². The Balaban J connectivity index is 2.20. The van der Waals surface area contributed by atoms with Crippen molar-refractivity contribution in [3.63, 3.8) is 0 Å². The Morgan fingerprint density at radius 2 is 2.19 bits per heavy atom. The predicted octanol–water partition coefficient (Wildman–Crippen LogP) is 0.768. The normalized spacial score (nSPS) is 14.4. The molecule has 1 aliphatic heterocycles. The molecule has 0 atom stereocenters. The van der Waals surface area contributed by atoms with Gasteiger partial charge < -0.3 is 19.3 Å². The lowest BCUT2D eigenvalue weighted by molar-refractivity contribution is 0.0696. The molecular formula is C10H12N2O4. The summed E-state index contributed by atoms with van der Waals surface area (Å²) in [5, 5.41) is 8.84. The molecule has 2 heterocycles. The van der Waals surface area contributed by atoms with Crippen molar-refractivity contribution in [1.29, 1.82) is 0 Å². The van der Waals surface area contributed by atoms with Crippen LogP contribution in [0.25, 0.3) is 0 Å². The molecule has 6 heteroatoms. The quantitative estimate of drug-likeness (QED) is 0.764. The van der Waals surface area contributed by atoms with E-state index in [0.29, 0.717) is 19.6 Å². The van der Waals surface area contributed by atoms with Gasteiger partial charge in [0.15, 0.2) is 0 Å². The minimum atomic E-state index is -0.952. The summed E-state index contributed by atoms with van der Waals surface area (Å²) in [6.45, 7) is 1.52. The summed E-state index contributed by atoms with van der Waals surface area (Å²) < 4.78 is 6.47. The topological polar surface area (TPSA) is 71.8 Å². The Morgan fingerprint density at radius 3 is 2.81 bits per heavy atom. The van der Waals surface area contributed by atoms with Crippen molar-refractivity contribution >= 4 is 12.1 Å². The summed E-state index contributed by atoms with van der Waals surface area (Å²) in [5.74, 6) is -0.952. The van der Waals surface area contributed by atoms with Crippen LogP contribution in [0.2, 0.25) is 0 Å². The summed E-state index contributed by atoms with van der Waals surface area (Å²) >= 11 is 0. The lowest BCUT2D eigenvalue weighted by atomic mass is 10.3. The number of carbonyl (C=O) groups is 2. The molecule has 16 heavy (non-hydrogen) atoms. The van der Waals surface area contributed by atoms with Crippen molar-refractivity contribution in [2.75, 3.05) is 13.7 Å². The molecular weight excluding hydrogens is 212 g/mol. The molecule has 6 nitrogen and oxygen atoms in total. The van der Waals surface area contributed by atoms with E-state index >= 15 is 0 Å². The standard InChI is InChI=1S/C10H12N2O4/c1-16-10(15)12-3-2-11-5-7(9(13)14)4-8(11)6-12/h4-5H,2-3,6H2,1H3,(H,13,14). The molecule has 0 saturated heterocycles. The molecule has 86 valence electrons. The van der Waals surface area contributed by atoms with Crippen LogP contribution in [0.3, 0.4) is 0 Å². The third-order valence-corrected chi connectivity index (χ3v) is 2.63. The van der Waals surface area contributed by atoms with Crippen LogP contribution in [-0.2, 0) is 17.8 Å². The lowest BCUT2D eigenvalue weighted by Crippen LogP contribution is -2.37. The molecule has 0 saturated carbocycles. The molecule has 2 rings (SSSR count). The molecule has 0 unspecified atom stereocenters. The molecule has 1 aliphatic rings. The number of hydrogen-bond acceptors (Lipinski definition) is 3. The number of ether oxygens (including phenoxy) is 1. The van der Waals surface area contributed by atoms with Gasteiger partial charge in [0.05, 0.1) is 19.2 Å². The fraction of sp³-hybridized carbons (Fsp3) is 0.400. The van der Waals surface area contributed by atoms with Gasteiger partial charge in [0, 0.05) is 25.0 Å². The average Bonchev–Trinajstić information content (AvgIpc) is 2.70. The Kier molecular flexibility index (Phi) is 2.55. The van der Waals surface area contributed by atoms with Crippen molar-refractivity contribution in [1.82, 2.24) is 9.47 Å². The first-order valence-electron chi connectivity index (χ1n) is 4.87. The van der Waals surface area contributed by atoms with E-state index in [2.05, 4.69) is 4.74 Å². The maximum Gasteiger partial charge on any atom is 0.409 e. The number of aromatic carboxylic acids is 1. The van der Waals surface area contributed by atoms with Gasteiger partial charge >= 0.3 is 12.1 Å². The Labute approximate surface area is 92.0 Å². The van der Waals surface area contributed by atoms with Crippen molar-refractivity contribution in [3.8, 4) is 0 Å². The Morgan fingerprint density at radius 1 is 1.44 bits per heavy atom. The summed E-state index contributed by atoms with van der Waals surface area (Å²) in [6.07, 6.45) is 1.20. The van der Waals surface area contributed by atoms with E-state index in [9.17, 15) is 9.59 Å². The maximum absolute atomic E-state index is 11.3.